The molecule has 1 aliphatic rings. The Hall–Kier alpha value is -2.47. The number of hydrogen-bond donors (Lipinski definition) is 1. The van der Waals surface area contributed by atoms with Crippen molar-refractivity contribution >= 4 is 17.4 Å². The zero-order chi connectivity index (χ0) is 18.8. The van der Waals surface area contributed by atoms with Crippen LogP contribution >= 0.6 is 0 Å². The van der Waals surface area contributed by atoms with Crippen LogP contribution in [0.3, 0.4) is 0 Å². The molecule has 0 radical (unpaired) electrons. The molecule has 1 fully saturated rings. The van der Waals surface area contributed by atoms with Crippen molar-refractivity contribution in [1.82, 2.24) is 14.9 Å². The van der Waals surface area contributed by atoms with E-state index in [1.807, 2.05) is 33.0 Å². The molecule has 1 aromatic heterocycles. The van der Waals surface area contributed by atoms with E-state index >= 15 is 0 Å². The SMILES string of the molecule is Cc1cccc(NC(=O)CN(C)C2CN(c3ncnc(C)c3C)C2)c1C. The molecule has 6 nitrogen and oxygen atoms in total. The summed E-state index contributed by atoms with van der Waals surface area (Å²) < 4.78 is 0. The van der Waals surface area contributed by atoms with Crippen LogP contribution in [0.1, 0.15) is 22.4 Å². The molecule has 0 bridgehead atoms. The molecule has 1 amide bonds. The Morgan fingerprint density at radius 2 is 1.92 bits per heavy atom. The maximum absolute atomic E-state index is 12.4. The fraction of sp³-hybridized carbons (Fsp3) is 0.450. The predicted molar refractivity (Wildman–Crippen MR) is 105 cm³/mol. The summed E-state index contributed by atoms with van der Waals surface area (Å²) in [4.78, 5) is 25.4. The van der Waals surface area contributed by atoms with E-state index in [1.54, 1.807) is 6.33 Å². The van der Waals surface area contributed by atoms with Gasteiger partial charge >= 0.3 is 0 Å². The molecule has 1 aliphatic heterocycles. The van der Waals surface area contributed by atoms with Crippen molar-refractivity contribution in [3.8, 4) is 0 Å². The lowest BCUT2D eigenvalue weighted by Gasteiger charge is -2.45. The summed E-state index contributed by atoms with van der Waals surface area (Å²) in [7, 11) is 2.00. The van der Waals surface area contributed by atoms with E-state index in [-0.39, 0.29) is 5.91 Å². The molecule has 0 saturated carbocycles. The van der Waals surface area contributed by atoms with Gasteiger partial charge < -0.3 is 10.2 Å². The molecule has 0 aliphatic carbocycles. The fourth-order valence-electron chi connectivity index (χ4n) is 3.18. The number of nitrogens with one attached hydrogen (secondary N) is 1. The van der Waals surface area contributed by atoms with E-state index in [1.165, 1.54) is 5.56 Å². The molecule has 0 unspecified atom stereocenters. The zero-order valence-electron chi connectivity index (χ0n) is 16.2. The Morgan fingerprint density at radius 3 is 2.65 bits per heavy atom. The van der Waals surface area contributed by atoms with Crippen molar-refractivity contribution in [3.63, 3.8) is 0 Å². The van der Waals surface area contributed by atoms with Gasteiger partial charge in [-0.25, -0.2) is 9.97 Å². The first-order chi connectivity index (χ1) is 12.4. The second-order valence-electron chi connectivity index (χ2n) is 7.18. The summed E-state index contributed by atoms with van der Waals surface area (Å²) in [5, 5.41) is 3.03. The number of carbonyl (C=O) groups is 1. The number of hydrogen-bond acceptors (Lipinski definition) is 5. The van der Waals surface area contributed by atoms with Gasteiger partial charge in [0.1, 0.15) is 12.1 Å². The standard InChI is InChI=1S/C20H27N5O/c1-13-7-6-8-18(14(13)2)23-19(26)11-24(5)17-9-25(10-17)20-15(3)16(4)21-12-22-20/h6-8,12,17H,9-11H2,1-5H3,(H,23,26). The molecule has 1 saturated heterocycles. The van der Waals surface area contributed by atoms with Crippen LogP contribution in [-0.4, -0.2) is 53.5 Å². The molecule has 1 N–H and O–H groups in total. The molecular weight excluding hydrogens is 326 g/mol. The van der Waals surface area contributed by atoms with Gasteiger partial charge in [-0.2, -0.15) is 0 Å². The highest BCUT2D eigenvalue weighted by Gasteiger charge is 2.32. The van der Waals surface area contributed by atoms with E-state index in [0.717, 1.165) is 41.4 Å². The first-order valence-corrected chi connectivity index (χ1v) is 8.96. The Labute approximate surface area is 155 Å². The van der Waals surface area contributed by atoms with Gasteiger partial charge in [-0.15, -0.1) is 0 Å². The van der Waals surface area contributed by atoms with Gasteiger partial charge in [0.15, 0.2) is 0 Å². The number of likely N-dealkylation sites (N-methyl/N-ethyl adjacent to an activating group) is 1. The molecular formula is C20H27N5O. The number of anilines is 2. The fourth-order valence-corrected chi connectivity index (χ4v) is 3.18. The van der Waals surface area contributed by atoms with Crippen LogP contribution in [-0.2, 0) is 4.79 Å². The smallest absolute Gasteiger partial charge is 0.238 e. The lowest BCUT2D eigenvalue weighted by molar-refractivity contribution is -0.117. The van der Waals surface area contributed by atoms with E-state index < -0.39 is 0 Å². The lowest BCUT2D eigenvalue weighted by Crippen LogP contribution is -2.60. The normalized spacial score (nSPS) is 14.5. The van der Waals surface area contributed by atoms with Gasteiger partial charge in [-0.05, 0) is 51.9 Å². The van der Waals surface area contributed by atoms with Crippen molar-refractivity contribution in [3.05, 3.63) is 46.9 Å². The Balaban J connectivity index is 1.53. The minimum absolute atomic E-state index is 0.0220. The summed E-state index contributed by atoms with van der Waals surface area (Å²) in [6, 6.07) is 6.33. The van der Waals surface area contributed by atoms with Crippen LogP contribution in [0.5, 0.6) is 0 Å². The largest absolute Gasteiger partial charge is 0.353 e. The van der Waals surface area contributed by atoms with Crippen LogP contribution < -0.4 is 10.2 Å². The number of rotatable bonds is 5. The quantitative estimate of drug-likeness (QED) is 0.895. The van der Waals surface area contributed by atoms with E-state index in [4.69, 9.17) is 0 Å². The molecule has 2 aromatic rings. The van der Waals surface area contributed by atoms with Crippen LogP contribution in [0.2, 0.25) is 0 Å². The molecule has 0 atom stereocenters. The number of aromatic nitrogens is 2. The highest BCUT2D eigenvalue weighted by Crippen LogP contribution is 2.25. The van der Waals surface area contributed by atoms with E-state index in [0.29, 0.717) is 12.6 Å². The summed E-state index contributed by atoms with van der Waals surface area (Å²) in [6.07, 6.45) is 1.62. The Kier molecular flexibility index (Phi) is 5.23. The zero-order valence-corrected chi connectivity index (χ0v) is 16.2. The average molecular weight is 353 g/mol. The maximum atomic E-state index is 12.4. The second-order valence-corrected chi connectivity index (χ2v) is 7.18. The minimum Gasteiger partial charge on any atom is -0.353 e. The van der Waals surface area contributed by atoms with Crippen molar-refractivity contribution < 1.29 is 4.79 Å². The molecule has 6 heteroatoms. The topological polar surface area (TPSA) is 61.4 Å². The first kappa shape index (κ1) is 18.3. The van der Waals surface area contributed by atoms with Gasteiger partial charge in [-0.1, -0.05) is 12.1 Å². The lowest BCUT2D eigenvalue weighted by atomic mass is 10.1. The highest BCUT2D eigenvalue weighted by atomic mass is 16.2. The third-order valence-corrected chi connectivity index (χ3v) is 5.37. The number of carbonyl (C=O) groups excluding carboxylic acids is 1. The van der Waals surface area contributed by atoms with E-state index in [2.05, 4.69) is 45.0 Å². The molecule has 26 heavy (non-hydrogen) atoms. The summed E-state index contributed by atoms with van der Waals surface area (Å²) in [5.41, 5.74) is 5.33. The van der Waals surface area contributed by atoms with E-state index in [9.17, 15) is 4.79 Å². The van der Waals surface area contributed by atoms with Crippen LogP contribution in [0.25, 0.3) is 0 Å². The molecule has 138 valence electrons. The Bertz CT molecular complexity index is 814. The third kappa shape index (κ3) is 3.70. The predicted octanol–water partition coefficient (Wildman–Crippen LogP) is 2.47. The van der Waals surface area contributed by atoms with Crippen molar-refractivity contribution in [1.29, 1.82) is 0 Å². The van der Waals surface area contributed by atoms with Crippen LogP contribution in [0.4, 0.5) is 11.5 Å². The number of nitrogens with zero attached hydrogens (tertiary/aromatic N) is 4. The number of amides is 1. The third-order valence-electron chi connectivity index (χ3n) is 5.37. The van der Waals surface area contributed by atoms with Crippen molar-refractivity contribution in [2.45, 2.75) is 33.7 Å². The molecule has 3 rings (SSSR count). The molecule has 2 heterocycles. The minimum atomic E-state index is 0.0220. The van der Waals surface area contributed by atoms with Gasteiger partial charge in [0.05, 0.1) is 6.54 Å². The summed E-state index contributed by atoms with van der Waals surface area (Å²) in [5.74, 6) is 1.02. The Morgan fingerprint density at radius 1 is 1.19 bits per heavy atom. The van der Waals surface area contributed by atoms with Crippen LogP contribution in [0, 0.1) is 27.7 Å². The highest BCUT2D eigenvalue weighted by molar-refractivity contribution is 5.93. The maximum Gasteiger partial charge on any atom is 0.238 e. The second kappa shape index (κ2) is 7.41. The summed E-state index contributed by atoms with van der Waals surface area (Å²) in [6.45, 7) is 10.3. The number of benzene rings is 1. The monoisotopic (exact) mass is 353 g/mol. The van der Waals surface area contributed by atoms with Gasteiger partial charge in [0.25, 0.3) is 0 Å². The van der Waals surface area contributed by atoms with Crippen molar-refractivity contribution in [2.75, 3.05) is 36.9 Å². The van der Waals surface area contributed by atoms with Crippen LogP contribution in [0.15, 0.2) is 24.5 Å². The summed E-state index contributed by atoms with van der Waals surface area (Å²) >= 11 is 0. The van der Waals surface area contributed by atoms with Gasteiger partial charge in [-0.3, -0.25) is 9.69 Å². The average Bonchev–Trinajstić information content (AvgIpc) is 2.54. The van der Waals surface area contributed by atoms with Gasteiger partial charge in [0.2, 0.25) is 5.91 Å². The van der Waals surface area contributed by atoms with Crippen molar-refractivity contribution in [2.24, 2.45) is 0 Å². The number of aryl methyl sites for hydroxylation is 2. The molecule has 1 aromatic carbocycles. The van der Waals surface area contributed by atoms with Gasteiger partial charge in [0, 0.05) is 36.1 Å². The molecule has 0 spiro atoms. The first-order valence-electron chi connectivity index (χ1n) is 8.96.